The van der Waals surface area contributed by atoms with Crippen LogP contribution in [0.5, 0.6) is 23.0 Å². The molecule has 34 heavy (non-hydrogen) atoms. The van der Waals surface area contributed by atoms with Crippen LogP contribution in [0.2, 0.25) is 5.02 Å². The second-order valence-electron chi connectivity index (χ2n) is 7.39. The number of nitrogens with one attached hydrogen (secondary N) is 3. The molecule has 10 heteroatoms. The van der Waals surface area contributed by atoms with Gasteiger partial charge in [-0.15, -0.1) is 0 Å². The van der Waals surface area contributed by atoms with Crippen LogP contribution in [0.15, 0.2) is 48.5 Å². The molecule has 0 saturated carbocycles. The van der Waals surface area contributed by atoms with Crippen LogP contribution in [0.4, 0.5) is 17.1 Å². The van der Waals surface area contributed by atoms with E-state index >= 15 is 0 Å². The number of amides is 3. The van der Waals surface area contributed by atoms with Gasteiger partial charge in [-0.25, -0.2) is 0 Å². The van der Waals surface area contributed by atoms with Crippen LogP contribution in [0, 0.1) is 0 Å². The van der Waals surface area contributed by atoms with Gasteiger partial charge in [0, 0.05) is 55.0 Å². The third-order valence-corrected chi connectivity index (χ3v) is 4.77. The Hall–Kier alpha value is -4.24. The number of phenolic OH excluding ortho intramolecular Hbond substituents is 2. The predicted octanol–water partition coefficient (Wildman–Crippen LogP) is 5.09. The molecule has 3 aromatic rings. The molecule has 3 rings (SSSR count). The minimum Gasteiger partial charge on any atom is -0.507 e. The lowest BCUT2D eigenvalue weighted by molar-refractivity contribution is -0.115. The number of carbonyl (C=O) groups excluding carboxylic acids is 3. The number of phenols is 2. The molecule has 0 heterocycles. The second-order valence-corrected chi connectivity index (χ2v) is 7.80. The highest BCUT2D eigenvalue weighted by molar-refractivity contribution is 6.32. The Balaban J connectivity index is 2.09. The lowest BCUT2D eigenvalue weighted by atomic mass is 10.0. The molecule has 3 aromatic carbocycles. The highest BCUT2D eigenvalue weighted by Crippen LogP contribution is 2.46. The molecule has 0 atom stereocenters. The molecule has 0 fully saturated rings. The lowest BCUT2D eigenvalue weighted by Crippen LogP contribution is -2.07. The van der Waals surface area contributed by atoms with E-state index < -0.39 is 0 Å². The maximum absolute atomic E-state index is 11.7. The number of anilines is 3. The van der Waals surface area contributed by atoms with Gasteiger partial charge in [0.25, 0.3) is 0 Å². The maximum Gasteiger partial charge on any atom is 0.221 e. The zero-order valence-corrected chi connectivity index (χ0v) is 19.3. The molecule has 0 unspecified atom stereocenters. The van der Waals surface area contributed by atoms with Crippen molar-refractivity contribution in [3.8, 4) is 34.1 Å². The number of ether oxygens (including phenoxy) is 1. The summed E-state index contributed by atoms with van der Waals surface area (Å²) in [5.74, 6) is -1.34. The number of benzene rings is 3. The average Bonchev–Trinajstić information content (AvgIpc) is 2.72. The fraction of sp³-hybridized carbons (Fsp3) is 0.125. The van der Waals surface area contributed by atoms with Crippen molar-refractivity contribution in [3.63, 3.8) is 0 Å². The van der Waals surface area contributed by atoms with Gasteiger partial charge in [0.1, 0.15) is 11.5 Å². The summed E-state index contributed by atoms with van der Waals surface area (Å²) in [6, 6.07) is 11.8. The van der Waals surface area contributed by atoms with E-state index in [0.29, 0.717) is 11.4 Å². The number of rotatable bonds is 6. The Labute approximate surface area is 200 Å². The number of carbonyl (C=O) groups is 3. The fourth-order valence-electron chi connectivity index (χ4n) is 3.18. The molecule has 0 radical (unpaired) electrons. The van der Waals surface area contributed by atoms with E-state index in [1.165, 1.54) is 63.2 Å². The summed E-state index contributed by atoms with van der Waals surface area (Å²) >= 11 is 6.28. The Morgan fingerprint density at radius 2 is 1.24 bits per heavy atom. The Bertz CT molecular complexity index is 1290. The maximum atomic E-state index is 11.7. The number of halogens is 1. The molecule has 5 N–H and O–H groups in total. The fourth-order valence-corrected chi connectivity index (χ4v) is 3.40. The van der Waals surface area contributed by atoms with Crippen LogP contribution in [0.25, 0.3) is 11.1 Å². The summed E-state index contributed by atoms with van der Waals surface area (Å²) < 4.78 is 5.82. The number of hydrogen-bond acceptors (Lipinski definition) is 6. The molecule has 0 spiro atoms. The van der Waals surface area contributed by atoms with Gasteiger partial charge in [-0.1, -0.05) is 11.6 Å². The molecule has 0 saturated heterocycles. The Morgan fingerprint density at radius 1 is 0.706 bits per heavy atom. The average molecular weight is 484 g/mol. The molecule has 0 aliphatic heterocycles. The minimum atomic E-state index is -0.364. The van der Waals surface area contributed by atoms with Crippen molar-refractivity contribution in [3.05, 3.63) is 53.6 Å². The summed E-state index contributed by atoms with van der Waals surface area (Å²) in [4.78, 5) is 34.4. The topological polar surface area (TPSA) is 137 Å². The third-order valence-electron chi connectivity index (χ3n) is 4.47. The minimum absolute atomic E-state index is 0.0558. The van der Waals surface area contributed by atoms with Crippen LogP contribution < -0.4 is 20.7 Å². The smallest absolute Gasteiger partial charge is 0.221 e. The predicted molar refractivity (Wildman–Crippen MR) is 130 cm³/mol. The van der Waals surface area contributed by atoms with Crippen molar-refractivity contribution in [2.45, 2.75) is 20.8 Å². The largest absolute Gasteiger partial charge is 0.507 e. The van der Waals surface area contributed by atoms with Gasteiger partial charge in [0.2, 0.25) is 17.7 Å². The highest BCUT2D eigenvalue weighted by Gasteiger charge is 2.19. The van der Waals surface area contributed by atoms with Crippen LogP contribution in [0.1, 0.15) is 20.8 Å². The van der Waals surface area contributed by atoms with Crippen LogP contribution >= 0.6 is 11.6 Å². The van der Waals surface area contributed by atoms with Crippen molar-refractivity contribution in [2.75, 3.05) is 16.0 Å². The first-order valence-corrected chi connectivity index (χ1v) is 10.4. The zero-order valence-electron chi connectivity index (χ0n) is 18.5. The van der Waals surface area contributed by atoms with Gasteiger partial charge in [-0.3, -0.25) is 14.4 Å². The summed E-state index contributed by atoms with van der Waals surface area (Å²) in [6.45, 7) is 4.02. The molecule has 0 aromatic heterocycles. The van der Waals surface area contributed by atoms with Crippen molar-refractivity contribution in [2.24, 2.45) is 0 Å². The van der Waals surface area contributed by atoms with Gasteiger partial charge < -0.3 is 30.9 Å². The van der Waals surface area contributed by atoms with Gasteiger partial charge in [0.05, 0.1) is 5.02 Å². The molecule has 0 aliphatic carbocycles. The first-order chi connectivity index (χ1) is 16.0. The van der Waals surface area contributed by atoms with Crippen molar-refractivity contribution < 1.29 is 29.3 Å². The van der Waals surface area contributed by atoms with Crippen molar-refractivity contribution in [1.82, 2.24) is 0 Å². The Morgan fingerprint density at radius 3 is 1.82 bits per heavy atom. The van der Waals surface area contributed by atoms with E-state index in [9.17, 15) is 24.6 Å². The molecular formula is C24H22ClN3O6. The molecular weight excluding hydrogens is 462 g/mol. The molecule has 9 nitrogen and oxygen atoms in total. The van der Waals surface area contributed by atoms with Crippen molar-refractivity contribution >= 4 is 46.4 Å². The van der Waals surface area contributed by atoms with Gasteiger partial charge in [0.15, 0.2) is 11.5 Å². The SMILES string of the molecule is CC(=O)Nc1ccc(Oc2cc(NC(C)=O)cc(-c3cc(NC(C)=O)ccc3O)c2O)c(Cl)c1. The van der Waals surface area contributed by atoms with Gasteiger partial charge in [-0.05, 0) is 42.5 Å². The molecule has 0 aliphatic rings. The van der Waals surface area contributed by atoms with E-state index in [1.54, 1.807) is 6.07 Å². The first kappa shape index (κ1) is 24.4. The standard InChI is InChI=1S/C24H22ClN3O6/c1-12(29)26-15-4-6-21(32)18(8-15)19-9-17(28-14(3)31)11-23(24(19)33)34-22-7-5-16(10-20(22)25)27-13(2)30/h4-11,32-33H,1-3H3,(H,26,29)(H,27,30)(H,28,31). The van der Waals surface area contributed by atoms with E-state index in [4.69, 9.17) is 16.3 Å². The first-order valence-electron chi connectivity index (χ1n) is 10.0. The highest BCUT2D eigenvalue weighted by atomic mass is 35.5. The van der Waals surface area contributed by atoms with Gasteiger partial charge >= 0.3 is 0 Å². The summed E-state index contributed by atoms with van der Waals surface area (Å²) in [5.41, 5.74) is 1.46. The zero-order chi connectivity index (χ0) is 25.0. The second kappa shape index (κ2) is 10.1. The van der Waals surface area contributed by atoms with E-state index in [2.05, 4.69) is 16.0 Å². The summed E-state index contributed by atoms with van der Waals surface area (Å²) in [5, 5.41) is 29.4. The van der Waals surface area contributed by atoms with Crippen molar-refractivity contribution in [1.29, 1.82) is 0 Å². The lowest BCUT2D eigenvalue weighted by Gasteiger charge is -2.16. The van der Waals surface area contributed by atoms with Crippen LogP contribution in [-0.2, 0) is 14.4 Å². The number of hydrogen-bond donors (Lipinski definition) is 5. The Kier molecular flexibility index (Phi) is 7.28. The quantitative estimate of drug-likeness (QED) is 0.310. The normalized spacial score (nSPS) is 10.4. The third kappa shape index (κ3) is 5.96. The van der Waals surface area contributed by atoms with E-state index in [1.807, 2.05) is 0 Å². The molecule has 176 valence electrons. The number of aromatic hydroxyl groups is 2. The molecule has 0 bridgehead atoms. The van der Waals surface area contributed by atoms with E-state index in [-0.39, 0.29) is 62.6 Å². The van der Waals surface area contributed by atoms with Crippen LogP contribution in [0.3, 0.4) is 0 Å². The van der Waals surface area contributed by atoms with Crippen LogP contribution in [-0.4, -0.2) is 27.9 Å². The molecule has 3 amide bonds. The van der Waals surface area contributed by atoms with Gasteiger partial charge in [-0.2, -0.15) is 0 Å². The summed E-state index contributed by atoms with van der Waals surface area (Å²) in [7, 11) is 0. The monoisotopic (exact) mass is 483 g/mol. The summed E-state index contributed by atoms with van der Waals surface area (Å²) in [6.07, 6.45) is 0. The van der Waals surface area contributed by atoms with E-state index in [0.717, 1.165) is 0 Å².